The maximum atomic E-state index is 13.9. The Kier molecular flexibility index (Phi) is 5.71. The third-order valence-corrected chi connectivity index (χ3v) is 7.86. The van der Waals surface area contributed by atoms with Gasteiger partial charge in [0.25, 0.3) is 0 Å². The first kappa shape index (κ1) is 24.5. The predicted octanol–water partition coefficient (Wildman–Crippen LogP) is 7.68. The van der Waals surface area contributed by atoms with Crippen LogP contribution >= 0.6 is 0 Å². The van der Waals surface area contributed by atoms with Crippen molar-refractivity contribution >= 4 is 28.2 Å². The molecule has 6 rings (SSSR count). The molecule has 3 aromatic carbocycles. The number of H-pyrrole nitrogens is 1. The number of nitrogens with one attached hydrogen (secondary N) is 2. The zero-order valence-corrected chi connectivity index (χ0v) is 22.9. The van der Waals surface area contributed by atoms with E-state index in [-0.39, 0.29) is 22.7 Å². The summed E-state index contributed by atoms with van der Waals surface area (Å²) >= 11 is 0. The fraction of sp³-hybridized carbons (Fsp3) is 0.333. The molecule has 2 N–H and O–H groups in total. The van der Waals surface area contributed by atoms with Gasteiger partial charge in [-0.1, -0.05) is 83.1 Å². The van der Waals surface area contributed by atoms with Crippen LogP contribution in [0.4, 0.5) is 11.4 Å². The zero-order valence-electron chi connectivity index (χ0n) is 22.9. The number of allylic oxidation sites excluding steroid dienone is 1. The molecule has 2 heterocycles. The maximum absolute atomic E-state index is 13.9. The summed E-state index contributed by atoms with van der Waals surface area (Å²) in [5.41, 5.74) is 8.33. The van der Waals surface area contributed by atoms with Crippen molar-refractivity contribution in [2.24, 2.45) is 5.41 Å². The molecule has 2 aliphatic rings. The van der Waals surface area contributed by atoms with Gasteiger partial charge >= 0.3 is 0 Å². The molecular weight excluding hydrogens is 468 g/mol. The van der Waals surface area contributed by atoms with E-state index in [9.17, 15) is 4.79 Å². The number of benzene rings is 3. The molecule has 1 aliphatic carbocycles. The summed E-state index contributed by atoms with van der Waals surface area (Å²) in [5, 5.41) is 3.71. The van der Waals surface area contributed by atoms with Gasteiger partial charge in [-0.25, -0.2) is 4.98 Å². The lowest BCUT2D eigenvalue weighted by molar-refractivity contribution is -0.118. The summed E-state index contributed by atoms with van der Waals surface area (Å²) < 4.78 is 0. The van der Waals surface area contributed by atoms with Gasteiger partial charge in [0.2, 0.25) is 0 Å². The number of ketones is 1. The number of aromatic amines is 1. The minimum atomic E-state index is -0.230. The molecule has 194 valence electrons. The van der Waals surface area contributed by atoms with Crippen LogP contribution in [0.15, 0.2) is 84.1 Å². The van der Waals surface area contributed by atoms with Gasteiger partial charge in [0, 0.05) is 17.7 Å². The van der Waals surface area contributed by atoms with Crippen LogP contribution in [-0.2, 0) is 16.8 Å². The first-order valence-corrected chi connectivity index (χ1v) is 13.5. The van der Waals surface area contributed by atoms with Crippen LogP contribution in [0.3, 0.4) is 0 Å². The minimum absolute atomic E-state index is 0.0548. The lowest BCUT2D eigenvalue weighted by Gasteiger charge is -2.38. The highest BCUT2D eigenvalue weighted by Crippen LogP contribution is 2.48. The van der Waals surface area contributed by atoms with E-state index >= 15 is 0 Å². The Balaban J connectivity index is 1.55. The number of rotatable bonds is 3. The summed E-state index contributed by atoms with van der Waals surface area (Å²) in [4.78, 5) is 24.7. The van der Waals surface area contributed by atoms with E-state index < -0.39 is 0 Å². The van der Waals surface area contributed by atoms with Gasteiger partial charge < -0.3 is 15.2 Å². The second kappa shape index (κ2) is 8.87. The Morgan fingerprint density at radius 1 is 0.947 bits per heavy atom. The number of imidazole rings is 1. The van der Waals surface area contributed by atoms with Gasteiger partial charge in [-0.15, -0.1) is 0 Å². The molecule has 0 spiro atoms. The number of anilines is 2. The highest BCUT2D eigenvalue weighted by Gasteiger charge is 2.41. The van der Waals surface area contributed by atoms with Crippen molar-refractivity contribution in [2.75, 3.05) is 10.2 Å². The fourth-order valence-electron chi connectivity index (χ4n) is 5.98. The molecule has 0 bridgehead atoms. The number of hydrogen-bond acceptors (Lipinski definition) is 4. The van der Waals surface area contributed by atoms with Crippen molar-refractivity contribution in [3.8, 4) is 0 Å². The second-order valence-corrected chi connectivity index (χ2v) is 12.6. The van der Waals surface area contributed by atoms with Crippen molar-refractivity contribution < 1.29 is 4.79 Å². The smallest absolute Gasteiger partial charge is 0.163 e. The van der Waals surface area contributed by atoms with Crippen LogP contribution < -0.4 is 10.2 Å². The van der Waals surface area contributed by atoms with Crippen molar-refractivity contribution in [3.05, 3.63) is 101 Å². The molecule has 1 unspecified atom stereocenters. The quantitative estimate of drug-likeness (QED) is 0.300. The Morgan fingerprint density at radius 3 is 2.39 bits per heavy atom. The third kappa shape index (κ3) is 4.40. The largest absolute Gasteiger partial charge is 0.357 e. The van der Waals surface area contributed by atoms with E-state index in [0.717, 1.165) is 51.5 Å². The topological polar surface area (TPSA) is 61.0 Å². The minimum Gasteiger partial charge on any atom is -0.357 e. The van der Waals surface area contributed by atoms with Crippen LogP contribution in [0, 0.1) is 5.41 Å². The first-order chi connectivity index (χ1) is 18.1. The summed E-state index contributed by atoms with van der Waals surface area (Å²) in [7, 11) is 0. The summed E-state index contributed by atoms with van der Waals surface area (Å²) in [6.07, 6.45) is 1.37. The number of Topliss-reactive ketones (excluding diaryl/α,β-unsaturated/α-hetero) is 1. The predicted molar refractivity (Wildman–Crippen MR) is 155 cm³/mol. The summed E-state index contributed by atoms with van der Waals surface area (Å²) in [5.74, 6) is 1.10. The Morgan fingerprint density at radius 2 is 1.66 bits per heavy atom. The first-order valence-electron chi connectivity index (χ1n) is 13.5. The number of aromatic nitrogens is 2. The molecule has 0 saturated heterocycles. The average Bonchev–Trinajstić information content (AvgIpc) is 3.21. The number of nitrogens with zero attached hydrogens (tertiary/aromatic N) is 2. The molecule has 0 radical (unpaired) electrons. The maximum Gasteiger partial charge on any atom is 0.163 e. The number of hydrogen-bond donors (Lipinski definition) is 2. The van der Waals surface area contributed by atoms with E-state index in [1.165, 1.54) is 5.56 Å². The van der Waals surface area contributed by atoms with Crippen molar-refractivity contribution in [1.29, 1.82) is 0 Å². The van der Waals surface area contributed by atoms with Gasteiger partial charge in [0.1, 0.15) is 5.82 Å². The zero-order chi connectivity index (χ0) is 26.7. The van der Waals surface area contributed by atoms with E-state index in [0.29, 0.717) is 13.0 Å². The summed E-state index contributed by atoms with van der Waals surface area (Å²) in [6, 6.07) is 25.1. The molecule has 1 aromatic heterocycles. The Hall–Kier alpha value is -3.86. The molecule has 0 fully saturated rings. The molecule has 38 heavy (non-hydrogen) atoms. The van der Waals surface area contributed by atoms with Crippen molar-refractivity contribution in [2.45, 2.75) is 65.5 Å². The average molecular weight is 505 g/mol. The van der Waals surface area contributed by atoms with Gasteiger partial charge in [-0.3, -0.25) is 4.79 Å². The van der Waals surface area contributed by atoms with Crippen LogP contribution in [-0.4, -0.2) is 15.8 Å². The molecule has 4 aromatic rings. The standard InChI is InChI=1S/C33H36N4O/c1-32(2,3)22-16-14-21(15-17-22)31-30-26(18-33(4,5)19-28(30)38)34-25-12-8-9-13-27(25)37(31)20-29-35-23-10-6-7-11-24(23)36-29/h6-17,31,34H,18-20H2,1-5H3,(H,35,36). The van der Waals surface area contributed by atoms with E-state index in [1.54, 1.807) is 0 Å². The molecule has 5 heteroatoms. The van der Waals surface area contributed by atoms with E-state index in [1.807, 2.05) is 18.2 Å². The monoisotopic (exact) mass is 504 g/mol. The van der Waals surface area contributed by atoms with Crippen LogP contribution in [0.1, 0.15) is 70.5 Å². The molecule has 0 saturated carbocycles. The van der Waals surface area contributed by atoms with Crippen molar-refractivity contribution in [1.82, 2.24) is 9.97 Å². The van der Waals surface area contributed by atoms with Crippen LogP contribution in [0.5, 0.6) is 0 Å². The number of carbonyl (C=O) groups is 1. The highest BCUT2D eigenvalue weighted by molar-refractivity contribution is 6.01. The Bertz CT molecular complexity index is 1520. The lowest BCUT2D eigenvalue weighted by Crippen LogP contribution is -2.36. The number of para-hydroxylation sites is 4. The lowest BCUT2D eigenvalue weighted by atomic mass is 9.73. The molecule has 0 amide bonds. The SMILES string of the molecule is CC1(C)CC(=O)C2=C(C1)Nc1ccccc1N(Cc1nc3ccccc3[nH]1)C2c1ccc(C(C)(C)C)cc1. The van der Waals surface area contributed by atoms with Gasteiger partial charge in [0.15, 0.2) is 5.78 Å². The number of carbonyl (C=O) groups excluding carboxylic acids is 1. The highest BCUT2D eigenvalue weighted by atomic mass is 16.1. The molecule has 1 aliphatic heterocycles. The van der Waals surface area contributed by atoms with Crippen LogP contribution in [0.25, 0.3) is 11.0 Å². The van der Waals surface area contributed by atoms with Gasteiger partial charge in [0.05, 0.1) is 35.0 Å². The molecule has 1 atom stereocenters. The van der Waals surface area contributed by atoms with Gasteiger partial charge in [-0.05, 0) is 52.6 Å². The summed E-state index contributed by atoms with van der Waals surface area (Å²) in [6.45, 7) is 11.6. The fourth-order valence-corrected chi connectivity index (χ4v) is 5.98. The third-order valence-electron chi connectivity index (χ3n) is 7.86. The van der Waals surface area contributed by atoms with Gasteiger partial charge in [-0.2, -0.15) is 0 Å². The molecule has 5 nitrogen and oxygen atoms in total. The number of fused-ring (bicyclic) bond motifs is 2. The van der Waals surface area contributed by atoms with E-state index in [4.69, 9.17) is 4.98 Å². The van der Waals surface area contributed by atoms with Crippen LogP contribution in [0.2, 0.25) is 0 Å². The normalized spacial score (nSPS) is 19.1. The Labute approximate surface area is 225 Å². The van der Waals surface area contributed by atoms with Crippen molar-refractivity contribution in [3.63, 3.8) is 0 Å². The second-order valence-electron chi connectivity index (χ2n) is 12.6. The molecular formula is C33H36N4O. The van der Waals surface area contributed by atoms with E-state index in [2.05, 4.69) is 104 Å².